The Balaban J connectivity index is 1.80. The maximum Gasteiger partial charge on any atom is 0.137 e. The largest absolute Gasteiger partial charge is 0.354 e. The Hall–Kier alpha value is -4.11. The van der Waals surface area contributed by atoms with Crippen LogP contribution in [0.15, 0.2) is 97.3 Å². The second-order valence-corrected chi connectivity index (χ2v) is 7.77. The maximum atomic E-state index is 4.61. The van der Waals surface area contributed by atoms with Crippen molar-refractivity contribution in [3.63, 3.8) is 0 Å². The summed E-state index contributed by atoms with van der Waals surface area (Å²) in [5, 5.41) is 8.84. The SMILES string of the molecule is c1ccc(-n2ccc3ccc4[nH]c5c6ccccc6c6ccccc6c5c4c32)nc1. The molecule has 0 bridgehead atoms. The molecule has 0 radical (unpaired) electrons. The third kappa shape index (κ3) is 1.96. The predicted molar refractivity (Wildman–Crippen MR) is 125 cm³/mol. The van der Waals surface area contributed by atoms with Gasteiger partial charge in [0.1, 0.15) is 5.82 Å². The monoisotopic (exact) mass is 383 g/mol. The molecule has 0 unspecified atom stereocenters. The highest BCUT2D eigenvalue weighted by molar-refractivity contribution is 6.34. The van der Waals surface area contributed by atoms with E-state index in [4.69, 9.17) is 0 Å². The number of hydrogen-bond acceptors (Lipinski definition) is 1. The summed E-state index contributed by atoms with van der Waals surface area (Å²) >= 11 is 0. The minimum absolute atomic E-state index is 0.930. The lowest BCUT2D eigenvalue weighted by atomic mass is 9.96. The van der Waals surface area contributed by atoms with Gasteiger partial charge in [-0.25, -0.2) is 4.98 Å². The van der Waals surface area contributed by atoms with Gasteiger partial charge in [0.05, 0.1) is 11.0 Å². The highest BCUT2D eigenvalue weighted by atomic mass is 15.0. The number of aromatic nitrogens is 3. The molecular weight excluding hydrogens is 366 g/mol. The predicted octanol–water partition coefficient (Wildman–Crippen LogP) is 6.97. The van der Waals surface area contributed by atoms with Crippen molar-refractivity contribution in [2.45, 2.75) is 0 Å². The molecule has 7 aromatic rings. The summed E-state index contributed by atoms with van der Waals surface area (Å²) in [4.78, 5) is 8.35. The van der Waals surface area contributed by atoms with Crippen LogP contribution in [0.1, 0.15) is 0 Å². The van der Waals surface area contributed by atoms with Gasteiger partial charge < -0.3 is 9.55 Å². The third-order valence-electron chi connectivity index (χ3n) is 6.19. The van der Waals surface area contributed by atoms with E-state index in [9.17, 15) is 0 Å². The van der Waals surface area contributed by atoms with Crippen molar-refractivity contribution < 1.29 is 0 Å². The zero-order valence-corrected chi connectivity index (χ0v) is 16.1. The summed E-state index contributed by atoms with van der Waals surface area (Å²) in [6, 6.07) is 30.0. The maximum absolute atomic E-state index is 4.61. The van der Waals surface area contributed by atoms with Gasteiger partial charge in [0.2, 0.25) is 0 Å². The van der Waals surface area contributed by atoms with Crippen LogP contribution in [0.3, 0.4) is 0 Å². The van der Waals surface area contributed by atoms with Crippen molar-refractivity contribution in [3.8, 4) is 5.82 Å². The molecule has 3 aromatic heterocycles. The quantitative estimate of drug-likeness (QED) is 0.305. The normalized spacial score (nSPS) is 12.0. The Labute approximate surface area is 172 Å². The summed E-state index contributed by atoms with van der Waals surface area (Å²) in [6.45, 7) is 0. The Morgan fingerprint density at radius 1 is 0.633 bits per heavy atom. The molecule has 3 heterocycles. The van der Waals surface area contributed by atoms with Crippen molar-refractivity contribution in [3.05, 3.63) is 97.3 Å². The summed E-state index contributed by atoms with van der Waals surface area (Å²) < 4.78 is 2.20. The van der Waals surface area contributed by atoms with E-state index in [1.54, 1.807) is 0 Å². The summed E-state index contributed by atoms with van der Waals surface area (Å²) in [6.07, 6.45) is 3.97. The van der Waals surface area contributed by atoms with E-state index in [2.05, 4.69) is 93.5 Å². The van der Waals surface area contributed by atoms with E-state index in [0.717, 1.165) is 11.3 Å². The molecule has 4 aromatic carbocycles. The Kier molecular flexibility index (Phi) is 3.00. The molecule has 140 valence electrons. The summed E-state index contributed by atoms with van der Waals surface area (Å²) in [5.41, 5.74) is 3.54. The molecule has 1 N–H and O–H groups in total. The topological polar surface area (TPSA) is 33.6 Å². The van der Waals surface area contributed by atoms with Crippen molar-refractivity contribution in [2.75, 3.05) is 0 Å². The van der Waals surface area contributed by atoms with E-state index in [1.807, 2.05) is 18.3 Å². The summed E-state index contributed by atoms with van der Waals surface area (Å²) in [7, 11) is 0. The van der Waals surface area contributed by atoms with Crippen molar-refractivity contribution in [1.29, 1.82) is 0 Å². The van der Waals surface area contributed by atoms with E-state index >= 15 is 0 Å². The zero-order valence-electron chi connectivity index (χ0n) is 16.1. The molecule has 0 atom stereocenters. The minimum atomic E-state index is 0.930. The Morgan fingerprint density at radius 3 is 2.17 bits per heavy atom. The molecule has 0 aliphatic carbocycles. The fraction of sp³-hybridized carbons (Fsp3) is 0. The van der Waals surface area contributed by atoms with Gasteiger partial charge in [-0.2, -0.15) is 0 Å². The first-order valence-corrected chi connectivity index (χ1v) is 10.2. The van der Waals surface area contributed by atoms with Crippen LogP contribution in [0.2, 0.25) is 0 Å². The summed E-state index contributed by atoms with van der Waals surface area (Å²) in [5.74, 6) is 0.930. The van der Waals surface area contributed by atoms with Gasteiger partial charge in [0.15, 0.2) is 0 Å². The molecular formula is C27H17N3. The van der Waals surface area contributed by atoms with Crippen LogP contribution in [0.4, 0.5) is 0 Å². The van der Waals surface area contributed by atoms with E-state index in [-0.39, 0.29) is 0 Å². The van der Waals surface area contributed by atoms with Crippen LogP contribution >= 0.6 is 0 Å². The zero-order chi connectivity index (χ0) is 19.7. The molecule has 3 nitrogen and oxygen atoms in total. The number of rotatable bonds is 1. The number of fused-ring (bicyclic) bond motifs is 10. The first-order chi connectivity index (χ1) is 14.9. The molecule has 0 aliphatic rings. The molecule has 0 saturated heterocycles. The highest BCUT2D eigenvalue weighted by Crippen LogP contribution is 2.41. The van der Waals surface area contributed by atoms with Crippen LogP contribution in [-0.4, -0.2) is 14.5 Å². The number of hydrogen-bond donors (Lipinski definition) is 1. The average Bonchev–Trinajstić information content (AvgIpc) is 3.41. The number of nitrogens with one attached hydrogen (secondary N) is 1. The molecule has 7 rings (SSSR count). The third-order valence-corrected chi connectivity index (χ3v) is 6.19. The first kappa shape index (κ1) is 15.8. The molecule has 0 saturated carbocycles. The van der Waals surface area contributed by atoms with Crippen LogP contribution < -0.4 is 0 Å². The number of H-pyrrole nitrogens is 1. The molecule has 30 heavy (non-hydrogen) atoms. The fourth-order valence-electron chi connectivity index (χ4n) is 4.94. The number of aromatic amines is 1. The van der Waals surface area contributed by atoms with Crippen molar-refractivity contribution in [2.24, 2.45) is 0 Å². The second-order valence-electron chi connectivity index (χ2n) is 7.77. The smallest absolute Gasteiger partial charge is 0.137 e. The average molecular weight is 383 g/mol. The minimum Gasteiger partial charge on any atom is -0.354 e. The molecule has 3 heteroatoms. The van der Waals surface area contributed by atoms with E-state index in [1.165, 1.54) is 48.7 Å². The van der Waals surface area contributed by atoms with Gasteiger partial charge >= 0.3 is 0 Å². The number of nitrogens with zero attached hydrogens (tertiary/aromatic N) is 2. The standard InChI is InChI=1S/C27H17N3/c1-3-9-20-18(7-1)19-8-2-4-10-21(19)26-24(20)25-22(29-26)13-12-17-14-16-30(27(17)25)23-11-5-6-15-28-23/h1-16,29H. The van der Waals surface area contributed by atoms with Crippen LogP contribution in [0.5, 0.6) is 0 Å². The van der Waals surface area contributed by atoms with Crippen LogP contribution in [0.25, 0.3) is 60.1 Å². The number of benzene rings is 4. The van der Waals surface area contributed by atoms with Gasteiger partial charge in [-0.05, 0) is 40.4 Å². The van der Waals surface area contributed by atoms with Gasteiger partial charge in [-0.3, -0.25) is 0 Å². The highest BCUT2D eigenvalue weighted by Gasteiger charge is 2.17. The number of pyridine rings is 1. The van der Waals surface area contributed by atoms with E-state index < -0.39 is 0 Å². The van der Waals surface area contributed by atoms with Crippen LogP contribution in [-0.2, 0) is 0 Å². The van der Waals surface area contributed by atoms with Gasteiger partial charge in [0, 0.05) is 39.5 Å². The molecule has 0 amide bonds. The fourth-order valence-corrected chi connectivity index (χ4v) is 4.94. The molecule has 0 fully saturated rings. The second kappa shape index (κ2) is 5.71. The van der Waals surface area contributed by atoms with Crippen LogP contribution in [0, 0.1) is 0 Å². The first-order valence-electron chi connectivity index (χ1n) is 10.2. The van der Waals surface area contributed by atoms with Crippen molar-refractivity contribution >= 4 is 54.3 Å². The van der Waals surface area contributed by atoms with E-state index in [0.29, 0.717) is 0 Å². The molecule has 0 aliphatic heterocycles. The lowest BCUT2D eigenvalue weighted by Crippen LogP contribution is -1.94. The Morgan fingerprint density at radius 2 is 1.37 bits per heavy atom. The van der Waals surface area contributed by atoms with Gasteiger partial charge in [-0.15, -0.1) is 0 Å². The Bertz CT molecular complexity index is 1740. The lowest BCUT2D eigenvalue weighted by Gasteiger charge is -2.09. The van der Waals surface area contributed by atoms with Gasteiger partial charge in [0.25, 0.3) is 0 Å². The van der Waals surface area contributed by atoms with Gasteiger partial charge in [-0.1, -0.05) is 60.7 Å². The van der Waals surface area contributed by atoms with Crippen molar-refractivity contribution in [1.82, 2.24) is 14.5 Å². The lowest BCUT2D eigenvalue weighted by molar-refractivity contribution is 1.05. The molecule has 0 spiro atoms.